The molecule has 158 valence electrons. The Bertz CT molecular complexity index is 959. The number of benzene rings is 2. The van der Waals surface area contributed by atoms with Crippen molar-refractivity contribution in [1.29, 1.82) is 0 Å². The molecule has 30 heavy (non-hydrogen) atoms. The molecule has 0 fully saturated rings. The number of nitrogens with one attached hydrogen (secondary N) is 4. The molecule has 2 amide bonds. The second-order valence-corrected chi connectivity index (χ2v) is 7.04. The molecule has 3 aromatic rings. The summed E-state index contributed by atoms with van der Waals surface area (Å²) in [6.45, 7) is 4.68. The molecule has 0 aliphatic rings. The van der Waals surface area contributed by atoms with Crippen LogP contribution in [0.4, 0.5) is 16.3 Å². The minimum Gasteiger partial charge on any atom is -0.491 e. The molecule has 0 bridgehead atoms. The highest BCUT2D eigenvalue weighted by molar-refractivity contribution is 5.93. The van der Waals surface area contributed by atoms with E-state index in [1.807, 2.05) is 38.1 Å². The Labute approximate surface area is 174 Å². The standard InChI is InChI=1S/C21H26N6O3/c1-14(2)22-12-17(28)13-30-18-9-7-16(8-10-18)24-21(29)27-26-20-19-6-4-3-5-15(19)11-23-25-20/h3-11,14,17,22,28H,12-13H2,1-2H3,(H,25,26)(H2,24,27,29). The first-order chi connectivity index (χ1) is 14.5. The summed E-state index contributed by atoms with van der Waals surface area (Å²) in [5, 5.41) is 25.4. The summed E-state index contributed by atoms with van der Waals surface area (Å²) in [6.07, 6.45) is 1.06. The molecule has 0 saturated carbocycles. The summed E-state index contributed by atoms with van der Waals surface area (Å²) < 4.78 is 5.56. The van der Waals surface area contributed by atoms with E-state index in [4.69, 9.17) is 4.74 Å². The lowest BCUT2D eigenvalue weighted by Gasteiger charge is -2.15. The highest BCUT2D eigenvalue weighted by Gasteiger charge is 2.08. The number of hydrazine groups is 1. The summed E-state index contributed by atoms with van der Waals surface area (Å²) in [6, 6.07) is 14.3. The molecular weight excluding hydrogens is 384 g/mol. The van der Waals surface area contributed by atoms with Crippen LogP contribution in [0.15, 0.2) is 54.7 Å². The Morgan fingerprint density at radius 3 is 2.67 bits per heavy atom. The largest absolute Gasteiger partial charge is 0.491 e. The lowest BCUT2D eigenvalue weighted by Crippen LogP contribution is -2.35. The van der Waals surface area contributed by atoms with Crippen molar-refractivity contribution in [1.82, 2.24) is 20.9 Å². The molecule has 1 atom stereocenters. The molecule has 1 heterocycles. The van der Waals surface area contributed by atoms with E-state index in [0.29, 0.717) is 29.8 Å². The number of ether oxygens (including phenoxy) is 1. The van der Waals surface area contributed by atoms with E-state index in [1.165, 1.54) is 0 Å². The molecule has 0 spiro atoms. The van der Waals surface area contributed by atoms with E-state index < -0.39 is 12.1 Å². The summed E-state index contributed by atoms with van der Waals surface area (Å²) in [7, 11) is 0. The van der Waals surface area contributed by atoms with Crippen LogP contribution in [0.25, 0.3) is 10.8 Å². The molecule has 3 rings (SSSR count). The lowest BCUT2D eigenvalue weighted by atomic mass is 10.2. The zero-order valence-electron chi connectivity index (χ0n) is 16.9. The number of hydrogen-bond acceptors (Lipinski definition) is 7. The summed E-state index contributed by atoms with van der Waals surface area (Å²) >= 11 is 0. The third-order valence-electron chi connectivity index (χ3n) is 4.18. The first-order valence-electron chi connectivity index (χ1n) is 9.69. The average Bonchev–Trinajstić information content (AvgIpc) is 2.75. The summed E-state index contributed by atoms with van der Waals surface area (Å²) in [5.74, 6) is 1.06. The van der Waals surface area contributed by atoms with Gasteiger partial charge in [0.2, 0.25) is 0 Å². The number of anilines is 2. The van der Waals surface area contributed by atoms with Crippen LogP contribution in [0.3, 0.4) is 0 Å². The van der Waals surface area contributed by atoms with E-state index in [9.17, 15) is 9.90 Å². The van der Waals surface area contributed by atoms with Crippen LogP contribution >= 0.6 is 0 Å². The second-order valence-electron chi connectivity index (χ2n) is 7.04. The average molecular weight is 410 g/mol. The molecule has 1 aromatic heterocycles. The van der Waals surface area contributed by atoms with Crippen LogP contribution in [0.5, 0.6) is 5.75 Å². The van der Waals surface area contributed by atoms with Crippen molar-refractivity contribution in [2.75, 3.05) is 23.9 Å². The van der Waals surface area contributed by atoms with Crippen molar-refractivity contribution in [3.8, 4) is 5.75 Å². The van der Waals surface area contributed by atoms with Crippen LogP contribution in [0.2, 0.25) is 0 Å². The van der Waals surface area contributed by atoms with E-state index in [0.717, 1.165) is 10.8 Å². The van der Waals surface area contributed by atoms with Crippen molar-refractivity contribution in [2.24, 2.45) is 0 Å². The van der Waals surface area contributed by atoms with Gasteiger partial charge in [-0.3, -0.25) is 5.43 Å². The van der Waals surface area contributed by atoms with Crippen LogP contribution in [0, 0.1) is 0 Å². The first-order valence-corrected chi connectivity index (χ1v) is 9.69. The van der Waals surface area contributed by atoms with E-state index >= 15 is 0 Å². The van der Waals surface area contributed by atoms with Gasteiger partial charge in [0, 0.05) is 29.0 Å². The van der Waals surface area contributed by atoms with Gasteiger partial charge in [0.1, 0.15) is 18.5 Å². The maximum Gasteiger partial charge on any atom is 0.337 e. The number of carbonyl (C=O) groups is 1. The lowest BCUT2D eigenvalue weighted by molar-refractivity contribution is 0.104. The summed E-state index contributed by atoms with van der Waals surface area (Å²) in [5.41, 5.74) is 5.91. The quantitative estimate of drug-likeness (QED) is 0.344. The third kappa shape index (κ3) is 6.29. The number of aliphatic hydroxyl groups excluding tert-OH is 1. The second kappa shape index (κ2) is 10.4. The number of hydrogen-bond donors (Lipinski definition) is 5. The Morgan fingerprint density at radius 2 is 1.90 bits per heavy atom. The highest BCUT2D eigenvalue weighted by atomic mass is 16.5. The zero-order valence-corrected chi connectivity index (χ0v) is 16.9. The maximum absolute atomic E-state index is 12.1. The third-order valence-corrected chi connectivity index (χ3v) is 4.18. The number of rotatable bonds is 9. The van der Waals surface area contributed by atoms with Gasteiger partial charge in [-0.1, -0.05) is 38.1 Å². The Balaban J connectivity index is 1.46. The fourth-order valence-corrected chi connectivity index (χ4v) is 2.66. The van der Waals surface area contributed by atoms with Gasteiger partial charge >= 0.3 is 6.03 Å². The molecule has 0 saturated heterocycles. The fraction of sp³-hybridized carbons (Fsp3) is 0.286. The number of fused-ring (bicyclic) bond motifs is 1. The molecule has 9 nitrogen and oxygen atoms in total. The van der Waals surface area contributed by atoms with Crippen molar-refractivity contribution >= 4 is 28.3 Å². The van der Waals surface area contributed by atoms with Crippen LogP contribution in [-0.2, 0) is 0 Å². The first kappa shape index (κ1) is 21.3. The van der Waals surface area contributed by atoms with Gasteiger partial charge in [-0.15, -0.1) is 5.10 Å². The zero-order chi connectivity index (χ0) is 21.3. The van der Waals surface area contributed by atoms with Gasteiger partial charge < -0.3 is 20.5 Å². The molecule has 2 aromatic carbocycles. The number of nitrogens with zero attached hydrogens (tertiary/aromatic N) is 2. The minimum absolute atomic E-state index is 0.184. The molecular formula is C21H26N6O3. The van der Waals surface area contributed by atoms with Crippen molar-refractivity contribution < 1.29 is 14.6 Å². The monoisotopic (exact) mass is 410 g/mol. The van der Waals surface area contributed by atoms with Gasteiger partial charge in [0.15, 0.2) is 5.82 Å². The maximum atomic E-state index is 12.1. The predicted octanol–water partition coefficient (Wildman–Crippen LogP) is 2.52. The van der Waals surface area contributed by atoms with Gasteiger partial charge in [-0.05, 0) is 24.3 Å². The smallest absolute Gasteiger partial charge is 0.337 e. The van der Waals surface area contributed by atoms with Gasteiger partial charge in [-0.25, -0.2) is 10.2 Å². The predicted molar refractivity (Wildman–Crippen MR) is 116 cm³/mol. The molecule has 9 heteroatoms. The van der Waals surface area contributed by atoms with Crippen LogP contribution in [0.1, 0.15) is 13.8 Å². The summed E-state index contributed by atoms with van der Waals surface area (Å²) in [4.78, 5) is 12.1. The van der Waals surface area contributed by atoms with Gasteiger partial charge in [0.25, 0.3) is 0 Å². The molecule has 0 radical (unpaired) electrons. The normalized spacial score (nSPS) is 11.9. The highest BCUT2D eigenvalue weighted by Crippen LogP contribution is 2.19. The Kier molecular flexibility index (Phi) is 7.36. The Morgan fingerprint density at radius 1 is 1.13 bits per heavy atom. The van der Waals surface area contributed by atoms with Crippen LogP contribution < -0.4 is 26.2 Å². The number of carbonyl (C=O) groups excluding carboxylic acids is 1. The van der Waals surface area contributed by atoms with Crippen molar-refractivity contribution in [2.45, 2.75) is 26.0 Å². The van der Waals surface area contributed by atoms with Gasteiger partial charge in [0.05, 0.1) is 6.20 Å². The minimum atomic E-state index is -0.598. The Hall–Kier alpha value is -3.43. The van der Waals surface area contributed by atoms with Crippen molar-refractivity contribution in [3.63, 3.8) is 0 Å². The molecule has 0 aliphatic heterocycles. The van der Waals surface area contributed by atoms with E-state index in [2.05, 4.69) is 31.7 Å². The van der Waals surface area contributed by atoms with Crippen molar-refractivity contribution in [3.05, 3.63) is 54.7 Å². The molecule has 5 N–H and O–H groups in total. The van der Waals surface area contributed by atoms with E-state index in [-0.39, 0.29) is 6.61 Å². The number of amides is 2. The number of urea groups is 1. The SMILES string of the molecule is CC(C)NCC(O)COc1ccc(NC(=O)NNc2nncc3ccccc23)cc1. The number of aliphatic hydroxyl groups is 1. The molecule has 1 unspecified atom stereocenters. The number of aromatic nitrogens is 2. The van der Waals surface area contributed by atoms with Gasteiger partial charge in [-0.2, -0.15) is 5.10 Å². The molecule has 0 aliphatic carbocycles. The topological polar surface area (TPSA) is 120 Å². The van der Waals surface area contributed by atoms with E-state index in [1.54, 1.807) is 30.5 Å². The fourth-order valence-electron chi connectivity index (χ4n) is 2.66. The van der Waals surface area contributed by atoms with Crippen LogP contribution in [-0.4, -0.2) is 46.6 Å².